The van der Waals surface area contributed by atoms with E-state index >= 15 is 0 Å². The molecule has 33 heavy (non-hydrogen) atoms. The van der Waals surface area contributed by atoms with Crippen molar-refractivity contribution in [3.8, 4) is 11.1 Å². The van der Waals surface area contributed by atoms with E-state index in [2.05, 4.69) is 5.32 Å². The van der Waals surface area contributed by atoms with E-state index in [0.29, 0.717) is 11.1 Å². The lowest BCUT2D eigenvalue weighted by molar-refractivity contribution is -0.114. The lowest BCUT2D eigenvalue weighted by atomic mass is 10.0. The predicted molar refractivity (Wildman–Crippen MR) is 122 cm³/mol. The summed E-state index contributed by atoms with van der Waals surface area (Å²) >= 11 is 6.04. The molecule has 3 aromatic rings. The Morgan fingerprint density at radius 3 is 2.58 bits per heavy atom. The van der Waals surface area contributed by atoms with E-state index in [4.69, 9.17) is 16.3 Å². The Morgan fingerprint density at radius 2 is 1.82 bits per heavy atom. The Morgan fingerprint density at radius 1 is 1.06 bits per heavy atom. The van der Waals surface area contributed by atoms with E-state index in [1.165, 1.54) is 36.4 Å². The van der Waals surface area contributed by atoms with Crippen LogP contribution in [0.25, 0.3) is 11.1 Å². The van der Waals surface area contributed by atoms with Crippen molar-refractivity contribution < 1.29 is 27.1 Å². The number of halogens is 2. The zero-order chi connectivity index (χ0) is 23.8. The van der Waals surface area contributed by atoms with Crippen LogP contribution in [0.1, 0.15) is 17.3 Å². The van der Waals surface area contributed by atoms with Gasteiger partial charge in [0.25, 0.3) is 10.0 Å². The lowest BCUT2D eigenvalue weighted by Gasteiger charge is -2.31. The van der Waals surface area contributed by atoms with Gasteiger partial charge in [0, 0.05) is 16.8 Å². The molecule has 0 unspecified atom stereocenters. The fourth-order valence-corrected chi connectivity index (χ4v) is 5.42. The normalized spacial score (nSPS) is 13.6. The van der Waals surface area contributed by atoms with Gasteiger partial charge in [-0.1, -0.05) is 29.8 Å². The van der Waals surface area contributed by atoms with Crippen LogP contribution < -0.4 is 9.62 Å². The number of amides is 1. The Kier molecular flexibility index (Phi) is 6.09. The second-order valence-corrected chi connectivity index (χ2v) is 9.37. The summed E-state index contributed by atoms with van der Waals surface area (Å²) in [6, 6.07) is 14.2. The van der Waals surface area contributed by atoms with Crippen molar-refractivity contribution in [2.24, 2.45) is 0 Å². The maximum Gasteiger partial charge on any atom is 0.339 e. The Balaban J connectivity index is 1.65. The summed E-state index contributed by atoms with van der Waals surface area (Å²) in [6.07, 6.45) is 0. The molecule has 1 heterocycles. The molecule has 0 saturated carbocycles. The first kappa shape index (κ1) is 22.8. The van der Waals surface area contributed by atoms with Crippen LogP contribution in [0.3, 0.4) is 0 Å². The molecule has 0 radical (unpaired) electrons. The van der Waals surface area contributed by atoms with Gasteiger partial charge >= 0.3 is 5.97 Å². The Labute approximate surface area is 194 Å². The smallest absolute Gasteiger partial charge is 0.339 e. The van der Waals surface area contributed by atoms with Crippen LogP contribution in [0.5, 0.6) is 0 Å². The van der Waals surface area contributed by atoms with Gasteiger partial charge in [0.1, 0.15) is 12.4 Å². The first-order chi connectivity index (χ1) is 15.7. The van der Waals surface area contributed by atoms with Gasteiger partial charge in [0.15, 0.2) is 0 Å². The van der Waals surface area contributed by atoms with Gasteiger partial charge in [-0.05, 0) is 49.4 Å². The molecule has 0 atom stereocenters. The van der Waals surface area contributed by atoms with Crippen molar-refractivity contribution >= 4 is 44.9 Å². The molecular formula is C23H18ClFN2O5S. The summed E-state index contributed by atoms with van der Waals surface area (Å²) < 4.78 is 46.4. The van der Waals surface area contributed by atoms with Crippen molar-refractivity contribution in [2.45, 2.75) is 11.8 Å². The number of esters is 1. The Bertz CT molecular complexity index is 1380. The average molecular weight is 489 g/mol. The fourth-order valence-electron chi connectivity index (χ4n) is 3.57. The largest absolute Gasteiger partial charge is 0.462 e. The molecule has 170 valence electrons. The number of benzene rings is 3. The molecule has 0 saturated heterocycles. The second kappa shape index (κ2) is 8.84. The minimum atomic E-state index is -4.08. The van der Waals surface area contributed by atoms with Gasteiger partial charge in [-0.25, -0.2) is 17.6 Å². The number of sulfonamides is 1. The summed E-state index contributed by atoms with van der Waals surface area (Å²) in [5.41, 5.74) is 1.22. The molecule has 0 aromatic heterocycles. The number of nitrogens with zero attached hydrogens (tertiary/aromatic N) is 1. The molecule has 0 aliphatic carbocycles. The van der Waals surface area contributed by atoms with Crippen LogP contribution >= 0.6 is 11.6 Å². The Hall–Kier alpha value is -3.43. The maximum absolute atomic E-state index is 14.0. The van der Waals surface area contributed by atoms with Crippen molar-refractivity contribution in [1.29, 1.82) is 0 Å². The molecule has 1 amide bonds. The van der Waals surface area contributed by atoms with E-state index in [-0.39, 0.29) is 33.5 Å². The highest BCUT2D eigenvalue weighted by Gasteiger charge is 2.36. The van der Waals surface area contributed by atoms with Gasteiger partial charge in [0.2, 0.25) is 5.91 Å². The average Bonchev–Trinajstić information content (AvgIpc) is 2.78. The highest BCUT2D eigenvalue weighted by Crippen LogP contribution is 2.43. The highest BCUT2D eigenvalue weighted by atomic mass is 35.5. The summed E-state index contributed by atoms with van der Waals surface area (Å²) in [4.78, 5) is 24.8. The first-order valence-electron chi connectivity index (χ1n) is 9.90. The fraction of sp³-hybridized carbons (Fsp3) is 0.130. The third kappa shape index (κ3) is 4.29. The zero-order valence-corrected chi connectivity index (χ0v) is 18.9. The summed E-state index contributed by atoms with van der Waals surface area (Å²) in [5.74, 6) is -1.84. The number of ether oxygens (including phenoxy) is 1. The number of hydrogen-bond acceptors (Lipinski definition) is 5. The molecule has 1 aliphatic heterocycles. The standard InChI is InChI=1S/C23H18ClFN2O5S/c1-2-32-23(29)18-12-15(8-9-19(18)24)26-22(28)13-27-20-10-7-14(25)11-17(20)16-5-3-4-6-21(16)33(27,30)31/h3-12H,2,13H2,1H3,(H,26,28). The van der Waals surface area contributed by atoms with Crippen LogP contribution in [0.15, 0.2) is 65.6 Å². The molecule has 1 aliphatic rings. The molecular weight excluding hydrogens is 471 g/mol. The first-order valence-corrected chi connectivity index (χ1v) is 11.7. The molecule has 4 rings (SSSR count). The van der Waals surface area contributed by atoms with E-state index in [9.17, 15) is 22.4 Å². The van der Waals surface area contributed by atoms with Crippen molar-refractivity contribution in [3.05, 3.63) is 77.1 Å². The summed E-state index contributed by atoms with van der Waals surface area (Å²) in [6.45, 7) is 1.24. The molecule has 10 heteroatoms. The van der Waals surface area contributed by atoms with Gasteiger partial charge in [0.05, 0.1) is 27.8 Å². The van der Waals surface area contributed by atoms with Gasteiger partial charge in [-0.3, -0.25) is 9.10 Å². The summed E-state index contributed by atoms with van der Waals surface area (Å²) in [5, 5.41) is 2.72. The third-order valence-electron chi connectivity index (χ3n) is 5.01. The molecule has 3 aromatic carbocycles. The third-order valence-corrected chi connectivity index (χ3v) is 7.15. The number of hydrogen-bond donors (Lipinski definition) is 1. The van der Waals surface area contributed by atoms with E-state index in [1.807, 2.05) is 0 Å². The van der Waals surface area contributed by atoms with Crippen molar-refractivity contribution in [1.82, 2.24) is 0 Å². The van der Waals surface area contributed by atoms with E-state index in [1.54, 1.807) is 25.1 Å². The van der Waals surface area contributed by atoms with Crippen LogP contribution in [0, 0.1) is 5.82 Å². The van der Waals surface area contributed by atoms with Gasteiger partial charge in [-0.15, -0.1) is 0 Å². The van der Waals surface area contributed by atoms with E-state index < -0.39 is 34.3 Å². The molecule has 0 fully saturated rings. The molecule has 7 nitrogen and oxygen atoms in total. The lowest BCUT2D eigenvalue weighted by Crippen LogP contribution is -2.40. The van der Waals surface area contributed by atoms with Gasteiger partial charge in [-0.2, -0.15) is 0 Å². The predicted octanol–water partition coefficient (Wildman–Crippen LogP) is 4.47. The quantitative estimate of drug-likeness (QED) is 0.535. The maximum atomic E-state index is 14.0. The number of fused-ring (bicyclic) bond motifs is 3. The number of rotatable bonds is 5. The molecule has 0 spiro atoms. The monoisotopic (exact) mass is 488 g/mol. The van der Waals surface area contributed by atoms with Crippen molar-refractivity contribution in [2.75, 3.05) is 22.8 Å². The number of anilines is 2. The van der Waals surface area contributed by atoms with Crippen LogP contribution in [-0.2, 0) is 19.6 Å². The molecule has 0 bridgehead atoms. The van der Waals surface area contributed by atoms with E-state index in [0.717, 1.165) is 10.4 Å². The number of carbonyl (C=O) groups is 2. The zero-order valence-electron chi connectivity index (χ0n) is 17.3. The van der Waals surface area contributed by atoms with Gasteiger partial charge < -0.3 is 10.1 Å². The minimum absolute atomic E-state index is 0.0213. The number of nitrogens with one attached hydrogen (secondary N) is 1. The van der Waals surface area contributed by atoms with Crippen LogP contribution in [0.2, 0.25) is 5.02 Å². The number of carbonyl (C=O) groups excluding carboxylic acids is 2. The van der Waals surface area contributed by atoms with Crippen LogP contribution in [-0.4, -0.2) is 33.4 Å². The SMILES string of the molecule is CCOC(=O)c1cc(NC(=O)CN2c3ccc(F)cc3-c3ccccc3S2(=O)=O)ccc1Cl. The minimum Gasteiger partial charge on any atom is -0.462 e. The van der Waals surface area contributed by atoms with Crippen molar-refractivity contribution in [3.63, 3.8) is 0 Å². The molecule has 1 N–H and O–H groups in total. The van der Waals surface area contributed by atoms with Crippen LogP contribution in [0.4, 0.5) is 15.8 Å². The highest BCUT2D eigenvalue weighted by molar-refractivity contribution is 7.93. The summed E-state index contributed by atoms with van der Waals surface area (Å²) in [7, 11) is -4.08. The second-order valence-electron chi connectivity index (χ2n) is 7.13. The topological polar surface area (TPSA) is 92.8 Å².